The number of rotatable bonds is 9. The van der Waals surface area contributed by atoms with Gasteiger partial charge < -0.3 is 4.74 Å². The summed E-state index contributed by atoms with van der Waals surface area (Å²) in [6.07, 6.45) is 11.2. The highest BCUT2D eigenvalue weighted by molar-refractivity contribution is 5.71. The molecule has 1 fully saturated rings. The van der Waals surface area contributed by atoms with Crippen LogP contribution in [-0.4, -0.2) is 0 Å². The van der Waals surface area contributed by atoms with Gasteiger partial charge in [0.1, 0.15) is 5.75 Å². The predicted octanol–water partition coefficient (Wildman–Crippen LogP) is 9.77. The first kappa shape index (κ1) is 26.2. The Morgan fingerprint density at radius 1 is 0.722 bits per heavy atom. The minimum atomic E-state index is -1.66. The van der Waals surface area contributed by atoms with Crippen molar-refractivity contribution in [3.8, 4) is 22.6 Å². The fraction of sp³-hybridized carbons (Fsp3) is 0.400. The molecular formula is C30H31F5O. The van der Waals surface area contributed by atoms with Gasteiger partial charge in [-0.3, -0.25) is 0 Å². The van der Waals surface area contributed by atoms with Crippen molar-refractivity contribution in [3.63, 3.8) is 0 Å². The molecule has 1 saturated carbocycles. The van der Waals surface area contributed by atoms with Crippen molar-refractivity contribution >= 4 is 0 Å². The van der Waals surface area contributed by atoms with Crippen molar-refractivity contribution in [1.82, 2.24) is 0 Å². The molecule has 4 rings (SSSR count). The molecule has 0 atom stereocenters. The Kier molecular flexibility index (Phi) is 8.65. The van der Waals surface area contributed by atoms with Gasteiger partial charge in [0.15, 0.2) is 29.0 Å². The molecule has 0 heterocycles. The number of benzene rings is 3. The van der Waals surface area contributed by atoms with Crippen LogP contribution in [0.5, 0.6) is 11.5 Å². The van der Waals surface area contributed by atoms with Gasteiger partial charge in [0.2, 0.25) is 5.82 Å². The first-order valence-electron chi connectivity index (χ1n) is 12.8. The Bertz CT molecular complexity index is 1140. The van der Waals surface area contributed by atoms with Gasteiger partial charge in [0.25, 0.3) is 0 Å². The number of unbranched alkanes of at least 4 members (excludes halogenated alkanes) is 1. The van der Waals surface area contributed by atoms with Gasteiger partial charge in [-0.05, 0) is 47.9 Å². The van der Waals surface area contributed by atoms with Gasteiger partial charge in [-0.2, -0.15) is 4.39 Å². The summed E-state index contributed by atoms with van der Waals surface area (Å²) in [5.74, 6) is -6.46. The maximum Gasteiger partial charge on any atom is 0.201 e. The molecular weight excluding hydrogens is 471 g/mol. The molecule has 0 radical (unpaired) electrons. The Morgan fingerprint density at radius 3 is 1.94 bits per heavy atom. The third kappa shape index (κ3) is 6.26. The van der Waals surface area contributed by atoms with Gasteiger partial charge in [0, 0.05) is 17.7 Å². The van der Waals surface area contributed by atoms with Crippen LogP contribution in [0.4, 0.5) is 22.0 Å². The van der Waals surface area contributed by atoms with Crippen molar-refractivity contribution in [2.75, 3.05) is 0 Å². The summed E-state index contributed by atoms with van der Waals surface area (Å²) < 4.78 is 74.4. The Morgan fingerprint density at radius 2 is 1.33 bits per heavy atom. The monoisotopic (exact) mass is 502 g/mol. The SMILES string of the molecule is CCCCC1CCC(CCc2ccc(-c3ccc(F)c(F)c3Oc3cc(F)c(F)c(F)c3)cc2)CC1. The molecule has 0 N–H and O–H groups in total. The second kappa shape index (κ2) is 11.9. The maximum atomic E-state index is 14.7. The van der Waals surface area contributed by atoms with E-state index in [0.29, 0.717) is 17.7 Å². The molecule has 1 aliphatic rings. The van der Waals surface area contributed by atoms with E-state index in [1.54, 1.807) is 12.1 Å². The van der Waals surface area contributed by atoms with Crippen molar-refractivity contribution in [1.29, 1.82) is 0 Å². The standard InChI is InChI=1S/C30H31F5O/c1-2-3-4-19-5-7-20(8-6-19)9-10-21-11-13-22(14-12-21)24-15-16-25(31)29(35)30(24)36-23-17-26(32)28(34)27(33)18-23/h11-20H,2-10H2,1H3. The molecule has 3 aromatic rings. The van der Waals surface area contributed by atoms with Crippen molar-refractivity contribution in [3.05, 3.63) is 83.2 Å². The minimum absolute atomic E-state index is 0.219. The quantitative estimate of drug-likeness (QED) is 0.209. The molecule has 1 aliphatic carbocycles. The van der Waals surface area contributed by atoms with Crippen LogP contribution in [0.25, 0.3) is 11.1 Å². The van der Waals surface area contributed by atoms with Crippen LogP contribution in [0.1, 0.15) is 63.9 Å². The third-order valence-electron chi connectivity index (χ3n) is 7.27. The zero-order valence-electron chi connectivity index (χ0n) is 20.4. The molecule has 36 heavy (non-hydrogen) atoms. The van der Waals surface area contributed by atoms with Crippen molar-refractivity contribution in [2.24, 2.45) is 11.8 Å². The lowest BCUT2D eigenvalue weighted by Gasteiger charge is -2.28. The Balaban J connectivity index is 1.44. The average molecular weight is 503 g/mol. The van der Waals surface area contributed by atoms with Crippen LogP contribution in [0.15, 0.2) is 48.5 Å². The lowest BCUT2D eigenvalue weighted by atomic mass is 9.78. The van der Waals surface area contributed by atoms with Crippen LogP contribution in [0, 0.1) is 40.9 Å². The molecule has 0 unspecified atom stereocenters. The Hall–Kier alpha value is -2.89. The highest BCUT2D eigenvalue weighted by Gasteiger charge is 2.22. The molecule has 3 aromatic carbocycles. The molecule has 0 aromatic heterocycles. The second-order valence-corrected chi connectivity index (χ2v) is 9.81. The summed E-state index contributed by atoms with van der Waals surface area (Å²) in [7, 11) is 0. The smallest absolute Gasteiger partial charge is 0.201 e. The number of aryl methyl sites for hydroxylation is 1. The molecule has 0 amide bonds. The number of hydrogen-bond donors (Lipinski definition) is 0. The van der Waals surface area contributed by atoms with Gasteiger partial charge in [-0.15, -0.1) is 0 Å². The zero-order chi connectivity index (χ0) is 25.7. The van der Waals surface area contributed by atoms with Crippen LogP contribution >= 0.6 is 0 Å². The maximum absolute atomic E-state index is 14.7. The second-order valence-electron chi connectivity index (χ2n) is 9.81. The van der Waals surface area contributed by atoms with E-state index >= 15 is 0 Å². The van der Waals surface area contributed by atoms with Crippen LogP contribution in [-0.2, 0) is 6.42 Å². The molecule has 0 spiro atoms. The van der Waals surface area contributed by atoms with E-state index in [4.69, 9.17) is 4.74 Å². The summed E-state index contributed by atoms with van der Waals surface area (Å²) in [6.45, 7) is 2.24. The summed E-state index contributed by atoms with van der Waals surface area (Å²) >= 11 is 0. The van der Waals surface area contributed by atoms with E-state index < -0.39 is 40.6 Å². The molecule has 0 bridgehead atoms. The number of hydrogen-bond acceptors (Lipinski definition) is 1. The topological polar surface area (TPSA) is 9.23 Å². The van der Waals surface area contributed by atoms with Crippen LogP contribution in [0.2, 0.25) is 0 Å². The highest BCUT2D eigenvalue weighted by atomic mass is 19.2. The van der Waals surface area contributed by atoms with Gasteiger partial charge in [-0.1, -0.05) is 76.1 Å². The molecule has 0 aliphatic heterocycles. The van der Waals surface area contributed by atoms with E-state index in [2.05, 4.69) is 6.92 Å². The average Bonchev–Trinajstić information content (AvgIpc) is 2.88. The van der Waals surface area contributed by atoms with Crippen LogP contribution < -0.4 is 4.74 Å². The minimum Gasteiger partial charge on any atom is -0.453 e. The van der Waals surface area contributed by atoms with Gasteiger partial charge in [0.05, 0.1) is 0 Å². The molecule has 0 saturated heterocycles. The highest BCUT2D eigenvalue weighted by Crippen LogP contribution is 2.38. The molecule has 1 nitrogen and oxygen atoms in total. The van der Waals surface area contributed by atoms with E-state index in [0.717, 1.165) is 36.3 Å². The molecule has 6 heteroatoms. The first-order chi connectivity index (χ1) is 17.4. The summed E-state index contributed by atoms with van der Waals surface area (Å²) in [6, 6.07) is 11.0. The predicted molar refractivity (Wildman–Crippen MR) is 131 cm³/mol. The largest absolute Gasteiger partial charge is 0.453 e. The van der Waals surface area contributed by atoms with E-state index in [1.807, 2.05) is 12.1 Å². The fourth-order valence-electron chi connectivity index (χ4n) is 5.09. The summed E-state index contributed by atoms with van der Waals surface area (Å²) in [5.41, 5.74) is 1.93. The summed E-state index contributed by atoms with van der Waals surface area (Å²) in [4.78, 5) is 0. The fourth-order valence-corrected chi connectivity index (χ4v) is 5.09. The zero-order valence-corrected chi connectivity index (χ0v) is 20.4. The third-order valence-corrected chi connectivity index (χ3v) is 7.27. The lowest BCUT2D eigenvalue weighted by molar-refractivity contribution is 0.250. The number of ether oxygens (including phenoxy) is 1. The van der Waals surface area contributed by atoms with Crippen molar-refractivity contribution < 1.29 is 26.7 Å². The van der Waals surface area contributed by atoms with E-state index in [9.17, 15) is 22.0 Å². The van der Waals surface area contributed by atoms with Gasteiger partial charge >= 0.3 is 0 Å². The van der Waals surface area contributed by atoms with Crippen molar-refractivity contribution in [2.45, 2.75) is 64.7 Å². The Labute approximate surface area is 209 Å². The van der Waals surface area contributed by atoms with E-state index in [-0.39, 0.29) is 5.56 Å². The lowest BCUT2D eigenvalue weighted by Crippen LogP contribution is -2.15. The normalized spacial score (nSPS) is 17.8. The van der Waals surface area contributed by atoms with Crippen LogP contribution in [0.3, 0.4) is 0 Å². The summed E-state index contributed by atoms with van der Waals surface area (Å²) in [5, 5.41) is 0. The number of halogens is 5. The van der Waals surface area contributed by atoms with Gasteiger partial charge in [-0.25, -0.2) is 17.6 Å². The van der Waals surface area contributed by atoms with E-state index in [1.165, 1.54) is 51.0 Å². The first-order valence-corrected chi connectivity index (χ1v) is 12.8. The molecule has 192 valence electrons.